The number of aromatic nitrogens is 1. The minimum Gasteiger partial charge on any atom is -0.406 e. The van der Waals surface area contributed by atoms with Crippen molar-refractivity contribution in [3.63, 3.8) is 0 Å². The van der Waals surface area contributed by atoms with Crippen LogP contribution in [0, 0.1) is 0 Å². The molecule has 19 heavy (non-hydrogen) atoms. The summed E-state index contributed by atoms with van der Waals surface area (Å²) in [5, 5.41) is 3.56. The Morgan fingerprint density at radius 3 is 2.47 bits per heavy atom. The van der Waals surface area contributed by atoms with Crippen LogP contribution in [0.3, 0.4) is 0 Å². The van der Waals surface area contributed by atoms with Gasteiger partial charge in [-0.1, -0.05) is 15.9 Å². The van der Waals surface area contributed by atoms with Gasteiger partial charge in [0.2, 0.25) is 0 Å². The number of alkyl halides is 4. The predicted octanol–water partition coefficient (Wildman–Crippen LogP) is 4.65. The molecular weight excluding hydrogens is 343 g/mol. The van der Waals surface area contributed by atoms with Gasteiger partial charge in [0.1, 0.15) is 10.8 Å². The summed E-state index contributed by atoms with van der Waals surface area (Å²) in [6.07, 6.45) is -3.84. The van der Waals surface area contributed by atoms with Gasteiger partial charge >= 0.3 is 6.36 Å². The summed E-state index contributed by atoms with van der Waals surface area (Å²) < 4.78 is 39.9. The Kier molecular flexibility index (Phi) is 4.46. The maximum Gasteiger partial charge on any atom is 0.573 e. The van der Waals surface area contributed by atoms with E-state index in [2.05, 4.69) is 25.7 Å². The van der Waals surface area contributed by atoms with Crippen LogP contribution in [-0.2, 0) is 6.42 Å². The summed E-state index contributed by atoms with van der Waals surface area (Å²) in [6, 6.07) is 5.71. The fourth-order valence-corrected chi connectivity index (χ4v) is 2.72. The Labute approximate surface area is 120 Å². The first-order chi connectivity index (χ1) is 8.98. The first-order valence-corrected chi connectivity index (χ1v) is 7.34. The summed E-state index contributed by atoms with van der Waals surface area (Å²) in [5.41, 5.74) is 1.74. The lowest BCUT2D eigenvalue weighted by Gasteiger charge is -2.08. The number of hydrogen-bond acceptors (Lipinski definition) is 3. The minimum atomic E-state index is -4.66. The van der Waals surface area contributed by atoms with Gasteiger partial charge in [-0.15, -0.1) is 24.5 Å². The van der Waals surface area contributed by atoms with Gasteiger partial charge in [0.25, 0.3) is 0 Å². The summed E-state index contributed by atoms with van der Waals surface area (Å²) in [7, 11) is 0. The first kappa shape index (κ1) is 14.3. The van der Waals surface area contributed by atoms with Crippen molar-refractivity contribution >= 4 is 27.3 Å². The number of halogens is 4. The standard InChI is InChI=1S/C12H9BrF3NOS/c13-6-5-9-7-19-11(17-9)8-1-3-10(4-2-8)18-12(14,15)16/h1-4,7H,5-6H2. The van der Waals surface area contributed by atoms with Crippen molar-refractivity contribution < 1.29 is 17.9 Å². The summed E-state index contributed by atoms with van der Waals surface area (Å²) in [6.45, 7) is 0. The van der Waals surface area contributed by atoms with E-state index in [0.29, 0.717) is 0 Å². The third kappa shape index (κ3) is 4.21. The van der Waals surface area contributed by atoms with Crippen molar-refractivity contribution in [3.05, 3.63) is 35.3 Å². The molecule has 0 unspecified atom stereocenters. The molecule has 2 nitrogen and oxygen atoms in total. The molecule has 1 aromatic carbocycles. The highest BCUT2D eigenvalue weighted by Gasteiger charge is 2.30. The Hall–Kier alpha value is -1.08. The molecule has 2 rings (SSSR count). The van der Waals surface area contributed by atoms with Gasteiger partial charge in [0.05, 0.1) is 5.69 Å². The Morgan fingerprint density at radius 1 is 1.21 bits per heavy atom. The number of benzene rings is 1. The van der Waals surface area contributed by atoms with Crippen molar-refractivity contribution in [2.45, 2.75) is 12.8 Å². The normalized spacial score (nSPS) is 11.6. The molecule has 0 aliphatic rings. The average Bonchev–Trinajstić information content (AvgIpc) is 2.77. The van der Waals surface area contributed by atoms with E-state index in [-0.39, 0.29) is 5.75 Å². The zero-order valence-corrected chi connectivity index (χ0v) is 12.0. The fourth-order valence-electron chi connectivity index (χ4n) is 1.45. The molecule has 0 aliphatic heterocycles. The molecule has 102 valence electrons. The minimum absolute atomic E-state index is 0.228. The molecule has 0 atom stereocenters. The number of hydrogen-bond donors (Lipinski definition) is 0. The number of aryl methyl sites for hydroxylation is 1. The first-order valence-electron chi connectivity index (χ1n) is 5.34. The van der Waals surface area contributed by atoms with Crippen LogP contribution < -0.4 is 4.74 Å². The molecule has 0 aliphatic carbocycles. The highest BCUT2D eigenvalue weighted by atomic mass is 79.9. The molecule has 1 aromatic heterocycles. The molecular formula is C12H9BrF3NOS. The molecule has 0 radical (unpaired) electrons. The van der Waals surface area contributed by atoms with Crippen LogP contribution in [0.1, 0.15) is 5.69 Å². The predicted molar refractivity (Wildman–Crippen MR) is 71.7 cm³/mol. The van der Waals surface area contributed by atoms with Gasteiger partial charge in [-0.05, 0) is 24.3 Å². The van der Waals surface area contributed by atoms with Crippen molar-refractivity contribution in [1.82, 2.24) is 4.98 Å². The number of rotatable bonds is 4. The monoisotopic (exact) mass is 351 g/mol. The topological polar surface area (TPSA) is 22.1 Å². The van der Waals surface area contributed by atoms with Crippen molar-refractivity contribution in [1.29, 1.82) is 0 Å². The molecule has 0 N–H and O–H groups in total. The summed E-state index contributed by atoms with van der Waals surface area (Å²) >= 11 is 4.80. The maximum absolute atomic E-state index is 12.0. The summed E-state index contributed by atoms with van der Waals surface area (Å²) in [5.74, 6) is -0.228. The van der Waals surface area contributed by atoms with Crippen LogP contribution in [0.15, 0.2) is 29.6 Å². The smallest absolute Gasteiger partial charge is 0.406 e. The molecule has 0 saturated carbocycles. The Morgan fingerprint density at radius 2 is 1.89 bits per heavy atom. The SMILES string of the molecule is FC(F)(F)Oc1ccc(-c2nc(CCBr)cs2)cc1. The number of ether oxygens (including phenoxy) is 1. The van der Waals surface area contributed by atoms with E-state index in [4.69, 9.17) is 0 Å². The van der Waals surface area contributed by atoms with Crippen LogP contribution in [-0.4, -0.2) is 16.7 Å². The second-order valence-electron chi connectivity index (χ2n) is 3.66. The van der Waals surface area contributed by atoms with E-state index in [1.54, 1.807) is 12.1 Å². The number of thiazole rings is 1. The van der Waals surface area contributed by atoms with Gasteiger partial charge < -0.3 is 4.74 Å². The van der Waals surface area contributed by atoms with E-state index in [1.807, 2.05) is 5.38 Å². The zero-order chi connectivity index (χ0) is 13.9. The Bertz CT molecular complexity index is 539. The average molecular weight is 352 g/mol. The highest BCUT2D eigenvalue weighted by Crippen LogP contribution is 2.28. The number of nitrogens with zero attached hydrogens (tertiary/aromatic N) is 1. The fraction of sp³-hybridized carbons (Fsp3) is 0.250. The van der Waals surface area contributed by atoms with Crippen molar-refractivity contribution in [3.8, 4) is 16.3 Å². The van der Waals surface area contributed by atoms with Crippen LogP contribution in [0.2, 0.25) is 0 Å². The second kappa shape index (κ2) is 5.92. The quantitative estimate of drug-likeness (QED) is 0.748. The lowest BCUT2D eigenvalue weighted by atomic mass is 10.2. The van der Waals surface area contributed by atoms with E-state index in [9.17, 15) is 13.2 Å². The van der Waals surface area contributed by atoms with E-state index >= 15 is 0 Å². The van der Waals surface area contributed by atoms with Gasteiger partial charge in [0.15, 0.2) is 0 Å². The highest BCUT2D eigenvalue weighted by molar-refractivity contribution is 9.09. The van der Waals surface area contributed by atoms with E-state index < -0.39 is 6.36 Å². The largest absolute Gasteiger partial charge is 0.573 e. The van der Waals surface area contributed by atoms with Gasteiger partial charge in [-0.2, -0.15) is 0 Å². The zero-order valence-electron chi connectivity index (χ0n) is 9.58. The van der Waals surface area contributed by atoms with Crippen LogP contribution >= 0.6 is 27.3 Å². The van der Waals surface area contributed by atoms with Crippen LogP contribution in [0.5, 0.6) is 5.75 Å². The van der Waals surface area contributed by atoms with E-state index in [0.717, 1.165) is 28.0 Å². The molecule has 0 amide bonds. The maximum atomic E-state index is 12.0. The molecule has 1 heterocycles. The third-order valence-corrected chi connectivity index (χ3v) is 3.57. The molecule has 0 fully saturated rings. The van der Waals surface area contributed by atoms with Gasteiger partial charge in [0, 0.05) is 22.7 Å². The van der Waals surface area contributed by atoms with Gasteiger partial charge in [-0.3, -0.25) is 0 Å². The molecule has 0 spiro atoms. The Balaban J connectivity index is 2.13. The third-order valence-electron chi connectivity index (χ3n) is 2.24. The molecule has 7 heteroatoms. The molecule has 0 saturated heterocycles. The van der Waals surface area contributed by atoms with Crippen LogP contribution in [0.25, 0.3) is 10.6 Å². The molecule has 2 aromatic rings. The van der Waals surface area contributed by atoms with Crippen molar-refractivity contribution in [2.75, 3.05) is 5.33 Å². The van der Waals surface area contributed by atoms with Crippen LogP contribution in [0.4, 0.5) is 13.2 Å². The second-order valence-corrected chi connectivity index (χ2v) is 5.31. The lowest BCUT2D eigenvalue weighted by molar-refractivity contribution is -0.274. The van der Waals surface area contributed by atoms with Crippen molar-refractivity contribution in [2.24, 2.45) is 0 Å². The lowest BCUT2D eigenvalue weighted by Crippen LogP contribution is -2.16. The summed E-state index contributed by atoms with van der Waals surface area (Å²) in [4.78, 5) is 4.40. The van der Waals surface area contributed by atoms with E-state index in [1.165, 1.54) is 23.5 Å². The van der Waals surface area contributed by atoms with Gasteiger partial charge in [-0.25, -0.2) is 4.98 Å². The molecule has 0 bridgehead atoms.